The first-order valence-corrected chi connectivity index (χ1v) is 6.15. The van der Waals surface area contributed by atoms with Crippen LogP contribution in [0.15, 0.2) is 5.10 Å². The molecule has 2 nitrogen and oxygen atoms in total. The smallest absolute Gasteiger partial charge is 0.0614 e. The Hall–Kier alpha value is -0.180. The molecule has 0 spiro atoms. The van der Waals surface area contributed by atoms with Crippen molar-refractivity contribution in [3.8, 4) is 0 Å². The summed E-state index contributed by atoms with van der Waals surface area (Å²) in [7, 11) is 0. The Bertz CT molecular complexity index is 230. The van der Waals surface area contributed by atoms with Gasteiger partial charge in [0.25, 0.3) is 0 Å². The Labute approximate surface area is 84.8 Å². The van der Waals surface area contributed by atoms with Crippen LogP contribution in [0.3, 0.4) is 0 Å². The molecule has 3 heteroatoms. The number of hydrogen-bond donors (Lipinski definition) is 0. The van der Waals surface area contributed by atoms with E-state index in [9.17, 15) is 0 Å². The molecule has 1 atom stereocenters. The molecule has 0 saturated carbocycles. The molecule has 74 valence electrons. The van der Waals surface area contributed by atoms with Crippen molar-refractivity contribution in [1.29, 1.82) is 0 Å². The van der Waals surface area contributed by atoms with E-state index in [2.05, 4.69) is 37.5 Å². The molecule has 1 unspecified atom stereocenters. The fraction of sp³-hybridized carbons (Fsp3) is 0.900. The fourth-order valence-electron chi connectivity index (χ4n) is 1.82. The van der Waals surface area contributed by atoms with Crippen molar-refractivity contribution >= 4 is 17.5 Å². The molecule has 1 fully saturated rings. The third-order valence-electron chi connectivity index (χ3n) is 2.74. The van der Waals surface area contributed by atoms with Crippen molar-refractivity contribution in [2.45, 2.75) is 33.2 Å². The van der Waals surface area contributed by atoms with Crippen LogP contribution in [-0.2, 0) is 0 Å². The van der Waals surface area contributed by atoms with E-state index >= 15 is 0 Å². The summed E-state index contributed by atoms with van der Waals surface area (Å²) in [5.74, 6) is 2.51. The highest BCUT2D eigenvalue weighted by Gasteiger charge is 2.33. The van der Waals surface area contributed by atoms with Gasteiger partial charge in [-0.25, -0.2) is 0 Å². The quantitative estimate of drug-likeness (QED) is 0.593. The first-order chi connectivity index (χ1) is 6.07. The minimum Gasteiger partial charge on any atom is -0.292 e. The van der Waals surface area contributed by atoms with E-state index in [-0.39, 0.29) is 5.41 Å². The van der Waals surface area contributed by atoms with Gasteiger partial charge < -0.3 is 0 Å². The van der Waals surface area contributed by atoms with E-state index in [1.54, 1.807) is 0 Å². The molecule has 0 aromatic rings. The van der Waals surface area contributed by atoms with Gasteiger partial charge in [-0.2, -0.15) is 16.9 Å². The van der Waals surface area contributed by atoms with E-state index < -0.39 is 0 Å². The Morgan fingerprint density at radius 1 is 1.46 bits per heavy atom. The predicted molar refractivity (Wildman–Crippen MR) is 59.3 cm³/mol. The molecule has 0 radical (unpaired) electrons. The molecule has 0 bridgehead atoms. The minimum absolute atomic E-state index is 0.266. The standard InChI is InChI=1S/C10H18N2S/c1-10(2,3)9-6-8-7-13-5-4-12(8)11-9/h8H,4-7H2,1-3H3. The lowest BCUT2D eigenvalue weighted by Crippen LogP contribution is -2.35. The van der Waals surface area contributed by atoms with Gasteiger partial charge in [-0.05, 0) is 0 Å². The summed E-state index contributed by atoms with van der Waals surface area (Å²) < 4.78 is 0. The predicted octanol–water partition coefficient (Wildman–Crippen LogP) is 2.21. The summed E-state index contributed by atoms with van der Waals surface area (Å²) in [6.07, 6.45) is 1.19. The zero-order chi connectivity index (χ0) is 9.47. The summed E-state index contributed by atoms with van der Waals surface area (Å²) in [5, 5.41) is 7.02. The molecule has 0 aromatic carbocycles. The molecule has 0 aromatic heterocycles. The summed E-state index contributed by atoms with van der Waals surface area (Å²) in [5.41, 5.74) is 1.65. The van der Waals surface area contributed by atoms with Crippen LogP contribution >= 0.6 is 11.8 Å². The van der Waals surface area contributed by atoms with Gasteiger partial charge >= 0.3 is 0 Å². The molecule has 0 N–H and O–H groups in total. The zero-order valence-corrected chi connectivity index (χ0v) is 9.52. The second-order valence-electron chi connectivity index (χ2n) is 4.89. The van der Waals surface area contributed by atoms with Crippen molar-refractivity contribution in [2.75, 3.05) is 18.1 Å². The normalized spacial score (nSPS) is 28.7. The van der Waals surface area contributed by atoms with Gasteiger partial charge in [0, 0.05) is 35.6 Å². The SMILES string of the molecule is CC(C)(C)C1=NN2CCSCC2C1. The Balaban J connectivity index is 2.09. The maximum Gasteiger partial charge on any atom is 0.0614 e. The molecule has 2 rings (SSSR count). The van der Waals surface area contributed by atoms with Gasteiger partial charge in [0.1, 0.15) is 0 Å². The van der Waals surface area contributed by atoms with Gasteiger partial charge in [-0.3, -0.25) is 5.01 Å². The lowest BCUT2D eigenvalue weighted by Gasteiger charge is -2.27. The van der Waals surface area contributed by atoms with Gasteiger partial charge in [0.05, 0.1) is 6.04 Å². The van der Waals surface area contributed by atoms with Crippen LogP contribution < -0.4 is 0 Å². The maximum absolute atomic E-state index is 4.72. The molecule has 2 heterocycles. The van der Waals surface area contributed by atoms with Gasteiger partial charge in [-0.15, -0.1) is 0 Å². The van der Waals surface area contributed by atoms with Crippen molar-refractivity contribution in [3.63, 3.8) is 0 Å². The third kappa shape index (κ3) is 1.85. The number of hydrazone groups is 1. The van der Waals surface area contributed by atoms with E-state index in [1.807, 2.05) is 0 Å². The van der Waals surface area contributed by atoms with Crippen molar-refractivity contribution in [3.05, 3.63) is 0 Å². The van der Waals surface area contributed by atoms with Gasteiger partial charge in [0.2, 0.25) is 0 Å². The van der Waals surface area contributed by atoms with Crippen molar-refractivity contribution < 1.29 is 0 Å². The maximum atomic E-state index is 4.72. The average Bonchev–Trinajstić information content (AvgIpc) is 2.45. The molecule has 0 aliphatic carbocycles. The number of rotatable bonds is 0. The third-order valence-corrected chi connectivity index (χ3v) is 3.83. The molecular weight excluding hydrogens is 180 g/mol. The molecule has 1 saturated heterocycles. The molecular formula is C10H18N2S. The van der Waals surface area contributed by atoms with Crippen LogP contribution in [-0.4, -0.2) is 34.8 Å². The highest BCUT2D eigenvalue weighted by Crippen LogP contribution is 2.31. The highest BCUT2D eigenvalue weighted by atomic mass is 32.2. The zero-order valence-electron chi connectivity index (χ0n) is 8.71. The Kier molecular flexibility index (Phi) is 2.30. The summed E-state index contributed by atoms with van der Waals surface area (Å²) >= 11 is 2.07. The molecule has 2 aliphatic heterocycles. The highest BCUT2D eigenvalue weighted by molar-refractivity contribution is 7.99. The average molecular weight is 198 g/mol. The monoisotopic (exact) mass is 198 g/mol. The lowest BCUT2D eigenvalue weighted by molar-refractivity contribution is 0.258. The Morgan fingerprint density at radius 3 is 2.85 bits per heavy atom. The summed E-state index contributed by atoms with van der Waals surface area (Å²) in [4.78, 5) is 0. The van der Waals surface area contributed by atoms with Crippen molar-refractivity contribution in [2.24, 2.45) is 10.5 Å². The van der Waals surface area contributed by atoms with Gasteiger partial charge in [-0.1, -0.05) is 20.8 Å². The number of fused-ring (bicyclic) bond motifs is 1. The van der Waals surface area contributed by atoms with Crippen LogP contribution in [0.5, 0.6) is 0 Å². The Morgan fingerprint density at radius 2 is 2.23 bits per heavy atom. The second-order valence-corrected chi connectivity index (χ2v) is 6.04. The fourth-order valence-corrected chi connectivity index (χ4v) is 2.86. The largest absolute Gasteiger partial charge is 0.292 e. The molecule has 2 aliphatic rings. The van der Waals surface area contributed by atoms with Gasteiger partial charge in [0.15, 0.2) is 0 Å². The first-order valence-electron chi connectivity index (χ1n) is 5.00. The number of nitrogens with zero attached hydrogens (tertiary/aromatic N) is 2. The van der Waals surface area contributed by atoms with E-state index in [0.29, 0.717) is 6.04 Å². The first kappa shape index (κ1) is 9.38. The van der Waals surface area contributed by atoms with E-state index in [0.717, 1.165) is 6.54 Å². The van der Waals surface area contributed by atoms with Crippen LogP contribution in [0.4, 0.5) is 0 Å². The van der Waals surface area contributed by atoms with E-state index in [1.165, 1.54) is 23.6 Å². The number of thioether (sulfide) groups is 1. The minimum atomic E-state index is 0.266. The van der Waals surface area contributed by atoms with E-state index in [4.69, 9.17) is 5.10 Å². The summed E-state index contributed by atoms with van der Waals surface area (Å²) in [6, 6.07) is 0.702. The molecule has 0 amide bonds. The summed E-state index contributed by atoms with van der Waals surface area (Å²) in [6.45, 7) is 7.93. The number of hydrogen-bond acceptors (Lipinski definition) is 3. The second kappa shape index (κ2) is 3.19. The van der Waals surface area contributed by atoms with Crippen LogP contribution in [0.2, 0.25) is 0 Å². The lowest BCUT2D eigenvalue weighted by atomic mass is 9.87. The topological polar surface area (TPSA) is 15.6 Å². The molecule has 13 heavy (non-hydrogen) atoms. The van der Waals surface area contributed by atoms with Crippen LogP contribution in [0, 0.1) is 5.41 Å². The van der Waals surface area contributed by atoms with Crippen LogP contribution in [0.1, 0.15) is 27.2 Å². The van der Waals surface area contributed by atoms with Crippen LogP contribution in [0.25, 0.3) is 0 Å². The van der Waals surface area contributed by atoms with Crippen molar-refractivity contribution in [1.82, 2.24) is 5.01 Å².